The summed E-state index contributed by atoms with van der Waals surface area (Å²) >= 11 is 3.41. The van der Waals surface area contributed by atoms with E-state index in [-0.39, 0.29) is 17.2 Å². The number of benzene rings is 3. The summed E-state index contributed by atoms with van der Waals surface area (Å²) in [5, 5.41) is 18.0. The second kappa shape index (κ2) is 8.98. The highest BCUT2D eigenvalue weighted by Crippen LogP contribution is 2.25. The Morgan fingerprint density at radius 1 is 1.09 bits per heavy atom. The highest BCUT2D eigenvalue weighted by atomic mass is 79.9. The number of carbonyl (C=O) groups excluding carboxylic acids is 1. The first-order valence-electron chi connectivity index (χ1n) is 9.38. The molecule has 0 fully saturated rings. The van der Waals surface area contributed by atoms with Gasteiger partial charge in [-0.3, -0.25) is 14.9 Å². The molecule has 4 aromatic rings. The second-order valence-electron chi connectivity index (χ2n) is 6.64. The van der Waals surface area contributed by atoms with E-state index in [2.05, 4.69) is 31.3 Å². The zero-order valence-electron chi connectivity index (χ0n) is 16.7. The molecular formula is C22H16BrN5O4. The first kappa shape index (κ1) is 21.2. The summed E-state index contributed by atoms with van der Waals surface area (Å²) in [5.74, 6) is 0.482. The van der Waals surface area contributed by atoms with Gasteiger partial charge in [0.05, 0.1) is 17.7 Å². The smallest absolute Gasteiger partial charge is 0.295 e. The third kappa shape index (κ3) is 4.49. The average molecular weight is 494 g/mol. The molecule has 32 heavy (non-hydrogen) atoms. The first-order chi connectivity index (χ1) is 15.4. The summed E-state index contributed by atoms with van der Waals surface area (Å²) in [4.78, 5) is 27.7. The lowest BCUT2D eigenvalue weighted by Crippen LogP contribution is -2.14. The Kier molecular flexibility index (Phi) is 5.95. The number of amides is 1. The van der Waals surface area contributed by atoms with Gasteiger partial charge in [-0.1, -0.05) is 34.1 Å². The number of rotatable bonds is 6. The number of nitro benzene ring substituents is 1. The van der Waals surface area contributed by atoms with E-state index in [1.807, 2.05) is 24.3 Å². The Morgan fingerprint density at radius 3 is 2.47 bits per heavy atom. The van der Waals surface area contributed by atoms with Gasteiger partial charge in [0.1, 0.15) is 5.75 Å². The van der Waals surface area contributed by atoms with E-state index in [9.17, 15) is 14.9 Å². The number of hydrogen-bond acceptors (Lipinski definition) is 6. The van der Waals surface area contributed by atoms with Gasteiger partial charge in [-0.05, 0) is 42.5 Å². The number of nitro groups is 1. The number of carbonyl (C=O) groups is 1. The minimum absolute atomic E-state index is 0.0785. The fourth-order valence-electron chi connectivity index (χ4n) is 2.98. The van der Waals surface area contributed by atoms with Crippen LogP contribution in [0, 0.1) is 10.1 Å². The monoisotopic (exact) mass is 493 g/mol. The van der Waals surface area contributed by atoms with Gasteiger partial charge in [0.2, 0.25) is 5.82 Å². The van der Waals surface area contributed by atoms with Crippen molar-refractivity contribution in [2.45, 2.75) is 0 Å². The molecule has 1 aromatic heterocycles. The minimum atomic E-state index is -0.587. The summed E-state index contributed by atoms with van der Waals surface area (Å²) < 4.78 is 7.67. The number of methoxy groups -OCH3 is 1. The van der Waals surface area contributed by atoms with Gasteiger partial charge in [0.15, 0.2) is 5.82 Å². The molecule has 0 spiro atoms. The van der Waals surface area contributed by atoms with Crippen molar-refractivity contribution in [1.82, 2.24) is 14.8 Å². The van der Waals surface area contributed by atoms with Crippen LogP contribution in [0.2, 0.25) is 0 Å². The maximum atomic E-state index is 12.8. The normalized spacial score (nSPS) is 10.6. The van der Waals surface area contributed by atoms with Gasteiger partial charge in [-0.2, -0.15) is 0 Å². The van der Waals surface area contributed by atoms with E-state index >= 15 is 0 Å². The molecule has 0 unspecified atom stereocenters. The summed E-state index contributed by atoms with van der Waals surface area (Å²) in [7, 11) is 1.58. The molecule has 1 N–H and O–H groups in total. The first-order valence-corrected chi connectivity index (χ1v) is 10.2. The van der Waals surface area contributed by atoms with Gasteiger partial charge in [-0.15, -0.1) is 5.10 Å². The second-order valence-corrected chi connectivity index (χ2v) is 7.55. The molecule has 10 heteroatoms. The molecule has 0 saturated carbocycles. The van der Waals surface area contributed by atoms with Gasteiger partial charge >= 0.3 is 0 Å². The topological polar surface area (TPSA) is 112 Å². The molecule has 1 amide bonds. The van der Waals surface area contributed by atoms with Gasteiger partial charge in [0.25, 0.3) is 11.6 Å². The molecule has 4 rings (SSSR count). The molecule has 1 heterocycles. The van der Waals surface area contributed by atoms with E-state index in [4.69, 9.17) is 4.74 Å². The third-order valence-electron chi connectivity index (χ3n) is 4.54. The molecule has 0 aliphatic carbocycles. The Labute approximate surface area is 191 Å². The van der Waals surface area contributed by atoms with Crippen molar-refractivity contribution in [1.29, 1.82) is 0 Å². The molecule has 0 atom stereocenters. The Bertz CT molecular complexity index is 1290. The maximum absolute atomic E-state index is 12.8. The molecule has 0 aliphatic heterocycles. The molecule has 0 bridgehead atoms. The van der Waals surface area contributed by atoms with Crippen LogP contribution in [0.5, 0.6) is 5.75 Å². The predicted molar refractivity (Wildman–Crippen MR) is 122 cm³/mol. The van der Waals surface area contributed by atoms with E-state index in [1.165, 1.54) is 18.2 Å². The lowest BCUT2D eigenvalue weighted by Gasteiger charge is -2.07. The van der Waals surface area contributed by atoms with Crippen molar-refractivity contribution in [2.75, 3.05) is 12.4 Å². The summed E-state index contributed by atoms with van der Waals surface area (Å²) in [6.07, 6.45) is 0. The number of halogens is 1. The van der Waals surface area contributed by atoms with Crippen LogP contribution in [0.25, 0.3) is 17.1 Å². The van der Waals surface area contributed by atoms with Crippen LogP contribution in [0.4, 0.5) is 11.4 Å². The van der Waals surface area contributed by atoms with Crippen molar-refractivity contribution in [3.8, 4) is 22.8 Å². The largest absolute Gasteiger partial charge is 0.497 e. The van der Waals surface area contributed by atoms with Gasteiger partial charge in [0, 0.05) is 27.9 Å². The van der Waals surface area contributed by atoms with Crippen LogP contribution < -0.4 is 10.1 Å². The van der Waals surface area contributed by atoms with Gasteiger partial charge < -0.3 is 10.1 Å². The quantitative estimate of drug-likeness (QED) is 0.303. The fraction of sp³-hybridized carbons (Fsp3) is 0.0455. The summed E-state index contributed by atoms with van der Waals surface area (Å²) in [6.45, 7) is 0. The lowest BCUT2D eigenvalue weighted by molar-refractivity contribution is -0.384. The molecule has 0 saturated heterocycles. The molecule has 0 radical (unpaired) electrons. The Morgan fingerprint density at radius 2 is 1.81 bits per heavy atom. The van der Waals surface area contributed by atoms with Crippen molar-refractivity contribution in [3.63, 3.8) is 0 Å². The Balaban J connectivity index is 1.72. The van der Waals surface area contributed by atoms with Crippen molar-refractivity contribution in [3.05, 3.63) is 93.2 Å². The summed E-state index contributed by atoms with van der Waals surface area (Å²) in [6, 6.07) is 20.3. The van der Waals surface area contributed by atoms with Crippen molar-refractivity contribution < 1.29 is 14.5 Å². The number of nitrogens with one attached hydrogen (secondary N) is 1. The number of nitrogens with zero attached hydrogens (tertiary/aromatic N) is 4. The highest BCUT2D eigenvalue weighted by molar-refractivity contribution is 9.10. The van der Waals surface area contributed by atoms with Crippen molar-refractivity contribution >= 4 is 33.2 Å². The minimum Gasteiger partial charge on any atom is -0.497 e. The van der Waals surface area contributed by atoms with Crippen LogP contribution in [0.1, 0.15) is 10.6 Å². The van der Waals surface area contributed by atoms with Crippen LogP contribution in [0.3, 0.4) is 0 Å². The SMILES string of the molecule is COc1ccc(-n2nc(C(=O)Nc3cccc([N+](=O)[O-])c3)nc2-c2ccc(Br)cc2)cc1. The number of non-ortho nitro benzene ring substituents is 1. The Hall–Kier alpha value is -4.05. The fourth-order valence-corrected chi connectivity index (χ4v) is 3.25. The predicted octanol–water partition coefficient (Wildman–Crippen LogP) is 4.87. The molecule has 0 aliphatic rings. The zero-order valence-corrected chi connectivity index (χ0v) is 18.3. The van der Waals surface area contributed by atoms with E-state index in [1.54, 1.807) is 42.1 Å². The van der Waals surface area contributed by atoms with E-state index < -0.39 is 10.8 Å². The van der Waals surface area contributed by atoms with Crippen LogP contribution >= 0.6 is 15.9 Å². The van der Waals surface area contributed by atoms with Crippen LogP contribution in [0.15, 0.2) is 77.3 Å². The molecule has 9 nitrogen and oxygen atoms in total. The van der Waals surface area contributed by atoms with Crippen molar-refractivity contribution in [2.24, 2.45) is 0 Å². The highest BCUT2D eigenvalue weighted by Gasteiger charge is 2.20. The van der Waals surface area contributed by atoms with Crippen LogP contribution in [-0.2, 0) is 0 Å². The zero-order chi connectivity index (χ0) is 22.7. The summed E-state index contributed by atoms with van der Waals surface area (Å²) in [5.41, 5.74) is 1.58. The molecule has 3 aromatic carbocycles. The molecule has 160 valence electrons. The maximum Gasteiger partial charge on any atom is 0.295 e. The van der Waals surface area contributed by atoms with E-state index in [0.717, 1.165) is 10.0 Å². The number of ether oxygens (including phenoxy) is 1. The molecular weight excluding hydrogens is 478 g/mol. The van der Waals surface area contributed by atoms with Gasteiger partial charge in [-0.25, -0.2) is 9.67 Å². The lowest BCUT2D eigenvalue weighted by atomic mass is 10.2. The van der Waals surface area contributed by atoms with Crippen LogP contribution in [-0.4, -0.2) is 32.7 Å². The number of hydrogen-bond donors (Lipinski definition) is 1. The number of aromatic nitrogens is 3. The number of anilines is 1. The standard InChI is InChI=1S/C22H16BrN5O4/c1-32-19-11-9-17(10-12-19)27-21(14-5-7-15(23)8-6-14)25-20(26-27)22(29)24-16-3-2-4-18(13-16)28(30)31/h2-13H,1H3,(H,24,29). The third-order valence-corrected chi connectivity index (χ3v) is 5.07. The van der Waals surface area contributed by atoms with E-state index in [0.29, 0.717) is 17.3 Å². The average Bonchev–Trinajstić information content (AvgIpc) is 3.25.